The van der Waals surface area contributed by atoms with Gasteiger partial charge < -0.3 is 10.2 Å². The van der Waals surface area contributed by atoms with Crippen LogP contribution in [0.2, 0.25) is 0 Å². The van der Waals surface area contributed by atoms with Gasteiger partial charge in [-0.3, -0.25) is 4.90 Å². The summed E-state index contributed by atoms with van der Waals surface area (Å²) in [4.78, 5) is 2.14. The van der Waals surface area contributed by atoms with Gasteiger partial charge in [0, 0.05) is 18.2 Å². The summed E-state index contributed by atoms with van der Waals surface area (Å²) in [5.41, 5.74) is 0.965. The van der Waals surface area contributed by atoms with Crippen LogP contribution in [0.15, 0.2) is 77.3 Å². The topological polar surface area (TPSA) is 43.7 Å². The van der Waals surface area contributed by atoms with E-state index in [0.29, 0.717) is 12.1 Å². The predicted molar refractivity (Wildman–Crippen MR) is 115 cm³/mol. The van der Waals surface area contributed by atoms with Crippen LogP contribution in [-0.4, -0.2) is 27.7 Å². The third-order valence-corrected chi connectivity index (χ3v) is 6.41. The Morgan fingerprint density at radius 3 is 2.14 bits per heavy atom. The van der Waals surface area contributed by atoms with Gasteiger partial charge in [-0.1, -0.05) is 66.7 Å². The molecule has 3 aromatic rings. The largest absolute Gasteiger partial charge is 0.505 e. The van der Waals surface area contributed by atoms with Crippen LogP contribution in [0.4, 0.5) is 4.39 Å². The second-order valence-electron chi connectivity index (χ2n) is 7.50. The molecule has 1 heterocycles. The minimum atomic E-state index is -1.21. The number of benzene rings is 3. The summed E-state index contributed by atoms with van der Waals surface area (Å²) in [5.74, 6) is -0.993. The van der Waals surface area contributed by atoms with Crippen LogP contribution in [0.3, 0.4) is 0 Å². The zero-order chi connectivity index (χ0) is 20.4. The lowest BCUT2D eigenvalue weighted by molar-refractivity contribution is -0.00675. The first-order chi connectivity index (χ1) is 14.0. The maximum atomic E-state index is 14.2. The van der Waals surface area contributed by atoms with Gasteiger partial charge in [-0.05, 0) is 52.5 Å². The average molecular weight is 456 g/mol. The number of likely N-dealkylation sites (tertiary alicyclic amines) is 1. The Kier molecular flexibility index (Phi) is 5.72. The van der Waals surface area contributed by atoms with Gasteiger partial charge in [0.25, 0.3) is 0 Å². The van der Waals surface area contributed by atoms with E-state index in [2.05, 4.69) is 20.8 Å². The van der Waals surface area contributed by atoms with Crippen molar-refractivity contribution in [2.24, 2.45) is 0 Å². The fourth-order valence-electron chi connectivity index (χ4n) is 4.35. The lowest BCUT2D eigenvalue weighted by atomic mass is 9.79. The number of aromatic hydroxyl groups is 1. The van der Waals surface area contributed by atoms with Gasteiger partial charge in [-0.15, -0.1) is 0 Å². The monoisotopic (exact) mass is 455 g/mol. The fourth-order valence-corrected chi connectivity index (χ4v) is 4.67. The van der Waals surface area contributed by atoms with Crippen molar-refractivity contribution in [2.75, 3.05) is 6.54 Å². The van der Waals surface area contributed by atoms with Gasteiger partial charge >= 0.3 is 0 Å². The summed E-state index contributed by atoms with van der Waals surface area (Å²) in [7, 11) is 0. The smallest absolute Gasteiger partial charge is 0.179 e. The molecular weight excluding hydrogens is 433 g/mol. The number of hydrogen-bond acceptors (Lipinski definition) is 3. The molecular formula is C24H23BrFNO2. The van der Waals surface area contributed by atoms with Crippen molar-refractivity contribution in [3.63, 3.8) is 0 Å². The Bertz CT molecular complexity index is 941. The summed E-state index contributed by atoms with van der Waals surface area (Å²) in [6.45, 7) is 1.13. The first-order valence-corrected chi connectivity index (χ1v) is 10.5. The van der Waals surface area contributed by atoms with Crippen LogP contribution in [0.25, 0.3) is 0 Å². The van der Waals surface area contributed by atoms with Crippen molar-refractivity contribution in [3.8, 4) is 5.75 Å². The molecule has 0 amide bonds. The number of phenolic OH excluding ortho intramolecular Hbond substituents is 1. The Hall–Kier alpha value is -2.21. The van der Waals surface area contributed by atoms with Crippen LogP contribution < -0.4 is 0 Å². The zero-order valence-corrected chi connectivity index (χ0v) is 17.5. The quantitative estimate of drug-likeness (QED) is 0.555. The van der Waals surface area contributed by atoms with E-state index in [9.17, 15) is 14.6 Å². The Labute approximate surface area is 178 Å². The molecule has 3 nitrogen and oxygen atoms in total. The molecule has 5 heteroatoms. The van der Waals surface area contributed by atoms with Crippen molar-refractivity contribution in [3.05, 3.63) is 99.8 Å². The van der Waals surface area contributed by atoms with Gasteiger partial charge in [0.2, 0.25) is 0 Å². The third kappa shape index (κ3) is 3.70. The molecule has 1 aliphatic rings. The predicted octanol–water partition coefficient (Wildman–Crippen LogP) is 5.19. The van der Waals surface area contributed by atoms with E-state index >= 15 is 0 Å². The van der Waals surface area contributed by atoms with Crippen molar-refractivity contribution in [1.29, 1.82) is 0 Å². The molecule has 0 bridgehead atoms. The van der Waals surface area contributed by atoms with Crippen LogP contribution in [-0.2, 0) is 12.1 Å². The van der Waals surface area contributed by atoms with Gasteiger partial charge in [-0.25, -0.2) is 4.39 Å². The number of halogens is 2. The molecule has 0 aromatic heterocycles. The lowest BCUT2D eigenvalue weighted by Gasteiger charge is -2.40. The van der Waals surface area contributed by atoms with Crippen molar-refractivity contribution in [2.45, 2.75) is 31.0 Å². The minimum absolute atomic E-state index is 0.196. The molecule has 150 valence electrons. The van der Waals surface area contributed by atoms with Crippen LogP contribution in [0, 0.1) is 5.82 Å². The standard InChI is InChI=1S/C24H23BrFNO2/c25-20-14-13-17(23(28)22(20)26)16-27-15-7-12-21(27)24(29,18-8-3-1-4-9-18)19-10-5-2-6-11-19/h1-6,8-11,13-14,21,28-29H,7,12,15-16H2/t21-/m1/s1. The van der Waals surface area contributed by atoms with Gasteiger partial charge in [0.15, 0.2) is 11.6 Å². The molecule has 1 aliphatic heterocycles. The molecule has 2 N–H and O–H groups in total. The Morgan fingerprint density at radius 2 is 1.55 bits per heavy atom. The summed E-state index contributed by atoms with van der Waals surface area (Å²) >= 11 is 3.11. The number of nitrogens with zero attached hydrogens (tertiary/aromatic N) is 1. The van der Waals surface area contributed by atoms with Crippen LogP contribution in [0.5, 0.6) is 5.75 Å². The first kappa shape index (κ1) is 20.1. The number of rotatable bonds is 5. The summed E-state index contributed by atoms with van der Waals surface area (Å²) in [5, 5.41) is 22.4. The highest BCUT2D eigenvalue weighted by molar-refractivity contribution is 9.10. The number of hydrogen-bond donors (Lipinski definition) is 2. The number of aliphatic hydroxyl groups is 1. The molecule has 4 rings (SSSR count). The highest BCUT2D eigenvalue weighted by Gasteiger charge is 2.45. The molecule has 3 aromatic carbocycles. The van der Waals surface area contributed by atoms with E-state index in [-0.39, 0.29) is 16.3 Å². The van der Waals surface area contributed by atoms with Crippen LogP contribution >= 0.6 is 15.9 Å². The van der Waals surface area contributed by atoms with E-state index in [1.807, 2.05) is 60.7 Å². The molecule has 0 unspecified atom stereocenters. The van der Waals surface area contributed by atoms with E-state index < -0.39 is 11.4 Å². The minimum Gasteiger partial charge on any atom is -0.505 e. The molecule has 1 fully saturated rings. The zero-order valence-electron chi connectivity index (χ0n) is 15.9. The van der Waals surface area contributed by atoms with Gasteiger partial charge in [-0.2, -0.15) is 0 Å². The highest BCUT2D eigenvalue weighted by atomic mass is 79.9. The second-order valence-corrected chi connectivity index (χ2v) is 8.35. The summed E-state index contributed by atoms with van der Waals surface area (Å²) in [6, 6.07) is 22.5. The van der Waals surface area contributed by atoms with E-state index in [0.717, 1.165) is 30.5 Å². The van der Waals surface area contributed by atoms with E-state index in [1.165, 1.54) is 0 Å². The fraction of sp³-hybridized carbons (Fsp3) is 0.250. The number of phenols is 1. The molecule has 1 atom stereocenters. The summed E-state index contributed by atoms with van der Waals surface area (Å²) < 4.78 is 14.4. The second kappa shape index (κ2) is 8.27. The molecule has 0 saturated carbocycles. The van der Waals surface area contributed by atoms with Crippen molar-refractivity contribution < 1.29 is 14.6 Å². The lowest BCUT2D eigenvalue weighted by Crippen LogP contribution is -2.48. The molecule has 0 aliphatic carbocycles. The first-order valence-electron chi connectivity index (χ1n) is 9.75. The molecule has 1 saturated heterocycles. The van der Waals surface area contributed by atoms with Crippen molar-refractivity contribution >= 4 is 15.9 Å². The average Bonchev–Trinajstić information content (AvgIpc) is 3.23. The van der Waals surface area contributed by atoms with Gasteiger partial charge in [0.05, 0.1) is 4.47 Å². The maximum Gasteiger partial charge on any atom is 0.179 e. The third-order valence-electron chi connectivity index (χ3n) is 5.80. The normalized spacial score (nSPS) is 17.6. The van der Waals surface area contributed by atoms with Crippen molar-refractivity contribution in [1.82, 2.24) is 4.90 Å². The Balaban J connectivity index is 1.74. The van der Waals surface area contributed by atoms with Crippen LogP contribution in [0.1, 0.15) is 29.5 Å². The molecule has 0 spiro atoms. The molecule has 29 heavy (non-hydrogen) atoms. The maximum absolute atomic E-state index is 14.2. The summed E-state index contributed by atoms with van der Waals surface area (Å²) in [6.07, 6.45) is 1.73. The van der Waals surface area contributed by atoms with E-state index in [4.69, 9.17) is 0 Å². The molecule has 0 radical (unpaired) electrons. The highest BCUT2D eigenvalue weighted by Crippen LogP contribution is 2.41. The SMILES string of the molecule is Oc1c(CN2CCC[C@@H]2C(O)(c2ccccc2)c2ccccc2)ccc(Br)c1F. The Morgan fingerprint density at radius 1 is 0.966 bits per heavy atom. The van der Waals surface area contributed by atoms with E-state index in [1.54, 1.807) is 12.1 Å². The van der Waals surface area contributed by atoms with Gasteiger partial charge in [0.1, 0.15) is 5.60 Å².